The van der Waals surface area contributed by atoms with Gasteiger partial charge < -0.3 is 15.5 Å². The van der Waals surface area contributed by atoms with E-state index < -0.39 is 12.1 Å². The van der Waals surface area contributed by atoms with E-state index >= 15 is 0 Å². The molecule has 0 rings (SSSR count). The SMILES string of the molecule is CCCCCCCCCC/C=C/C(O)C(CO)NC(=O)CCCCCCCCCCCCCCCCCCC/C=C\CCCCCCCCCCCCCCCCCCCC. The third-order valence-corrected chi connectivity index (χ3v) is 13.2. The van der Waals surface area contributed by atoms with Crippen LogP contribution in [0.15, 0.2) is 24.3 Å². The van der Waals surface area contributed by atoms with Gasteiger partial charge in [-0.05, 0) is 44.9 Å². The summed E-state index contributed by atoms with van der Waals surface area (Å²) in [5.74, 6) is -0.0613. The van der Waals surface area contributed by atoms with Gasteiger partial charge in [0.15, 0.2) is 0 Å². The summed E-state index contributed by atoms with van der Waals surface area (Å²) in [6.07, 6.45) is 70.8. The smallest absolute Gasteiger partial charge is 0.220 e. The molecule has 0 spiro atoms. The zero-order chi connectivity index (χ0) is 44.2. The van der Waals surface area contributed by atoms with Crippen molar-refractivity contribution in [2.45, 2.75) is 328 Å². The van der Waals surface area contributed by atoms with Crippen molar-refractivity contribution in [3.05, 3.63) is 24.3 Å². The van der Waals surface area contributed by atoms with E-state index in [1.54, 1.807) is 6.08 Å². The van der Waals surface area contributed by atoms with Crippen LogP contribution in [0.25, 0.3) is 0 Å². The number of unbranched alkanes of at least 4 members (excludes halogenated alkanes) is 43. The maximum absolute atomic E-state index is 12.4. The van der Waals surface area contributed by atoms with E-state index in [1.165, 1.54) is 270 Å². The molecule has 0 aliphatic heterocycles. The van der Waals surface area contributed by atoms with Crippen molar-refractivity contribution >= 4 is 5.91 Å². The molecule has 0 bridgehead atoms. The van der Waals surface area contributed by atoms with E-state index in [9.17, 15) is 15.0 Å². The fourth-order valence-electron chi connectivity index (χ4n) is 8.88. The summed E-state index contributed by atoms with van der Waals surface area (Å²) in [4.78, 5) is 12.4. The highest BCUT2D eigenvalue weighted by Crippen LogP contribution is 2.17. The molecule has 362 valence electrons. The minimum absolute atomic E-state index is 0.0613. The molecule has 3 N–H and O–H groups in total. The second-order valence-electron chi connectivity index (χ2n) is 19.4. The van der Waals surface area contributed by atoms with Crippen molar-refractivity contribution in [2.24, 2.45) is 0 Å². The van der Waals surface area contributed by atoms with E-state index in [0.717, 1.165) is 25.7 Å². The lowest BCUT2D eigenvalue weighted by atomic mass is 10.0. The van der Waals surface area contributed by atoms with Crippen LogP contribution in [0, 0.1) is 0 Å². The minimum atomic E-state index is -0.834. The van der Waals surface area contributed by atoms with Crippen LogP contribution >= 0.6 is 0 Å². The first kappa shape index (κ1) is 59.9. The molecule has 1 amide bonds. The van der Waals surface area contributed by atoms with Crippen molar-refractivity contribution in [1.82, 2.24) is 5.32 Å². The topological polar surface area (TPSA) is 69.6 Å². The molecule has 4 nitrogen and oxygen atoms in total. The number of carbonyl (C=O) groups is 1. The van der Waals surface area contributed by atoms with Gasteiger partial charge in [0.25, 0.3) is 0 Å². The van der Waals surface area contributed by atoms with Crippen LogP contribution in [0.3, 0.4) is 0 Å². The van der Waals surface area contributed by atoms with Crippen molar-refractivity contribution in [2.75, 3.05) is 6.61 Å². The number of rotatable bonds is 52. The molecule has 0 aromatic rings. The number of nitrogens with one attached hydrogen (secondary N) is 1. The van der Waals surface area contributed by atoms with E-state index in [2.05, 4.69) is 31.3 Å². The van der Waals surface area contributed by atoms with Crippen LogP contribution in [0.1, 0.15) is 316 Å². The molecule has 0 aliphatic rings. The van der Waals surface area contributed by atoms with E-state index in [-0.39, 0.29) is 12.5 Å². The zero-order valence-corrected chi connectivity index (χ0v) is 41.7. The van der Waals surface area contributed by atoms with Crippen LogP contribution in [0.2, 0.25) is 0 Å². The van der Waals surface area contributed by atoms with Crippen molar-refractivity contribution in [3.63, 3.8) is 0 Å². The summed E-state index contributed by atoms with van der Waals surface area (Å²) in [7, 11) is 0. The summed E-state index contributed by atoms with van der Waals surface area (Å²) in [5.41, 5.74) is 0. The van der Waals surface area contributed by atoms with Gasteiger partial charge in [0.2, 0.25) is 5.91 Å². The van der Waals surface area contributed by atoms with Gasteiger partial charge in [0.1, 0.15) is 0 Å². The van der Waals surface area contributed by atoms with Gasteiger partial charge in [-0.25, -0.2) is 0 Å². The van der Waals surface area contributed by atoms with Gasteiger partial charge in [0.05, 0.1) is 18.8 Å². The summed E-state index contributed by atoms with van der Waals surface area (Å²) in [5, 5.41) is 23.0. The highest BCUT2D eigenvalue weighted by molar-refractivity contribution is 5.76. The molecule has 61 heavy (non-hydrogen) atoms. The van der Waals surface area contributed by atoms with E-state index in [0.29, 0.717) is 6.42 Å². The summed E-state index contributed by atoms with van der Waals surface area (Å²) in [6, 6.07) is -0.618. The van der Waals surface area contributed by atoms with Crippen LogP contribution in [-0.2, 0) is 4.79 Å². The predicted molar refractivity (Wildman–Crippen MR) is 272 cm³/mol. The number of carbonyl (C=O) groups excluding carboxylic acids is 1. The molecule has 2 atom stereocenters. The number of hydrogen-bond acceptors (Lipinski definition) is 3. The van der Waals surface area contributed by atoms with Crippen LogP contribution in [0.4, 0.5) is 0 Å². The molecule has 0 fully saturated rings. The quantitative estimate of drug-likeness (QED) is 0.0422. The standard InChI is InChI=1S/C57H111NO3/c1-3-5-7-9-11-13-15-16-17-18-19-20-21-22-23-24-25-26-27-28-29-30-31-32-33-34-35-36-37-38-39-40-41-42-43-45-47-49-51-53-57(61)58-55(54-59)56(60)52-50-48-46-44-14-12-10-8-6-4-2/h28-29,50,52,55-56,59-60H,3-27,30-49,51,53-54H2,1-2H3,(H,58,61)/b29-28-,52-50+. The molecule has 0 heterocycles. The maximum atomic E-state index is 12.4. The monoisotopic (exact) mass is 858 g/mol. The summed E-state index contributed by atoms with van der Waals surface area (Å²) < 4.78 is 0. The Bertz CT molecular complexity index is 886. The van der Waals surface area contributed by atoms with Crippen LogP contribution < -0.4 is 5.32 Å². The zero-order valence-electron chi connectivity index (χ0n) is 41.7. The first-order valence-electron chi connectivity index (χ1n) is 28.1. The molecule has 0 radical (unpaired) electrons. The van der Waals surface area contributed by atoms with Gasteiger partial charge in [-0.3, -0.25) is 4.79 Å². The number of aliphatic hydroxyl groups excluding tert-OH is 2. The predicted octanol–water partition coefficient (Wildman–Crippen LogP) is 18.3. The van der Waals surface area contributed by atoms with Crippen LogP contribution in [-0.4, -0.2) is 34.9 Å². The third kappa shape index (κ3) is 49.7. The number of aliphatic hydroxyl groups is 2. The molecule has 2 unspecified atom stereocenters. The normalized spacial score (nSPS) is 12.9. The second kappa shape index (κ2) is 53.2. The van der Waals surface area contributed by atoms with Crippen LogP contribution in [0.5, 0.6) is 0 Å². The van der Waals surface area contributed by atoms with Gasteiger partial charge >= 0.3 is 0 Å². The van der Waals surface area contributed by atoms with Gasteiger partial charge in [-0.2, -0.15) is 0 Å². The fraction of sp³-hybridized carbons (Fsp3) is 0.912. The maximum Gasteiger partial charge on any atom is 0.220 e. The molecule has 0 saturated carbocycles. The van der Waals surface area contributed by atoms with Crippen molar-refractivity contribution < 1.29 is 15.0 Å². The molecule has 0 aliphatic carbocycles. The highest BCUT2D eigenvalue weighted by Gasteiger charge is 2.18. The largest absolute Gasteiger partial charge is 0.394 e. The number of amides is 1. The second-order valence-corrected chi connectivity index (χ2v) is 19.4. The average molecular weight is 859 g/mol. The van der Waals surface area contributed by atoms with Gasteiger partial charge in [0, 0.05) is 6.42 Å². The Balaban J connectivity index is 3.34. The Morgan fingerprint density at radius 2 is 0.623 bits per heavy atom. The van der Waals surface area contributed by atoms with Crippen molar-refractivity contribution in [3.8, 4) is 0 Å². The lowest BCUT2D eigenvalue weighted by Gasteiger charge is -2.20. The Kier molecular flexibility index (Phi) is 52.2. The average Bonchev–Trinajstić information content (AvgIpc) is 3.26. The summed E-state index contributed by atoms with van der Waals surface area (Å²) >= 11 is 0. The van der Waals surface area contributed by atoms with Gasteiger partial charge in [-0.15, -0.1) is 0 Å². The molecular formula is C57H111NO3. The molecular weight excluding hydrogens is 747 g/mol. The minimum Gasteiger partial charge on any atom is -0.394 e. The Hall–Kier alpha value is -1.13. The van der Waals surface area contributed by atoms with E-state index in [1.807, 2.05) is 6.08 Å². The van der Waals surface area contributed by atoms with Crippen molar-refractivity contribution in [1.29, 1.82) is 0 Å². The molecule has 0 saturated heterocycles. The lowest BCUT2D eigenvalue weighted by Crippen LogP contribution is -2.45. The number of hydrogen-bond donors (Lipinski definition) is 3. The lowest BCUT2D eigenvalue weighted by molar-refractivity contribution is -0.123. The Morgan fingerprint density at radius 1 is 0.377 bits per heavy atom. The fourth-order valence-corrected chi connectivity index (χ4v) is 8.88. The first-order valence-corrected chi connectivity index (χ1v) is 28.1. The molecule has 4 heteroatoms. The number of allylic oxidation sites excluding steroid dienone is 3. The molecule has 0 aromatic heterocycles. The first-order chi connectivity index (χ1) is 30.2. The van der Waals surface area contributed by atoms with E-state index in [4.69, 9.17) is 0 Å². The Labute approximate surface area is 383 Å². The summed E-state index contributed by atoms with van der Waals surface area (Å²) in [6.45, 7) is 4.31. The molecule has 0 aromatic carbocycles. The Morgan fingerprint density at radius 3 is 0.902 bits per heavy atom. The third-order valence-electron chi connectivity index (χ3n) is 13.2. The highest BCUT2D eigenvalue weighted by atomic mass is 16.3. The van der Waals surface area contributed by atoms with Gasteiger partial charge in [-0.1, -0.05) is 289 Å².